The largest absolute Gasteiger partial charge is 0.352 e. The summed E-state index contributed by atoms with van der Waals surface area (Å²) in [5.41, 5.74) is 6.33. The lowest BCUT2D eigenvalue weighted by Gasteiger charge is -2.43. The number of amides is 1. The smallest absolute Gasteiger partial charge is 0.224 e. The van der Waals surface area contributed by atoms with Crippen molar-refractivity contribution in [2.45, 2.75) is 66.3 Å². The van der Waals surface area contributed by atoms with E-state index >= 15 is 0 Å². The van der Waals surface area contributed by atoms with Crippen molar-refractivity contribution in [3.8, 4) is 0 Å². The van der Waals surface area contributed by atoms with Crippen LogP contribution >= 0.6 is 0 Å². The molecule has 116 valence electrons. The van der Waals surface area contributed by atoms with Crippen molar-refractivity contribution in [2.24, 2.45) is 34.3 Å². The summed E-state index contributed by atoms with van der Waals surface area (Å²) < 4.78 is 0. The molecule has 0 aromatic rings. The van der Waals surface area contributed by atoms with Gasteiger partial charge >= 0.3 is 0 Å². The van der Waals surface area contributed by atoms with Crippen LogP contribution in [0.2, 0.25) is 0 Å². The first-order chi connectivity index (χ1) is 9.20. The van der Waals surface area contributed by atoms with Crippen LogP contribution in [0.1, 0.15) is 60.3 Å². The summed E-state index contributed by atoms with van der Waals surface area (Å²) in [5, 5.41) is 3.38. The predicted molar refractivity (Wildman–Crippen MR) is 83.2 cm³/mol. The fraction of sp³-hybridized carbons (Fsp3) is 0.941. The maximum absolute atomic E-state index is 12.6. The zero-order valence-corrected chi connectivity index (χ0v) is 13.8. The molecule has 0 saturated heterocycles. The number of rotatable bonds is 5. The topological polar surface area (TPSA) is 55.1 Å². The fourth-order valence-electron chi connectivity index (χ4n) is 4.80. The molecular weight excluding hydrogens is 248 g/mol. The van der Waals surface area contributed by atoms with Gasteiger partial charge in [0.05, 0.1) is 5.92 Å². The Morgan fingerprint density at radius 2 is 2.00 bits per heavy atom. The number of fused-ring (bicyclic) bond motifs is 2. The number of hydrogen-bond donors (Lipinski definition) is 2. The summed E-state index contributed by atoms with van der Waals surface area (Å²) in [6, 6.07) is 0.308. The van der Waals surface area contributed by atoms with Crippen LogP contribution in [-0.2, 0) is 4.79 Å². The van der Waals surface area contributed by atoms with E-state index in [1.54, 1.807) is 0 Å². The second-order valence-electron chi connectivity index (χ2n) is 8.42. The van der Waals surface area contributed by atoms with Crippen molar-refractivity contribution in [1.29, 1.82) is 0 Å². The molecule has 3 nitrogen and oxygen atoms in total. The highest BCUT2D eigenvalue weighted by molar-refractivity contribution is 5.79. The summed E-state index contributed by atoms with van der Waals surface area (Å²) in [6.07, 6.45) is 4.73. The van der Waals surface area contributed by atoms with Gasteiger partial charge in [0.1, 0.15) is 0 Å². The second-order valence-corrected chi connectivity index (χ2v) is 8.42. The standard InChI is InChI=1S/C17H32N2O/c1-11(2)8-12(10-18)14(20)19-15-16(3,4)13-6-7-17(15,5)9-13/h11-13,15H,6-10,18H2,1-5H3,(H,19,20). The van der Waals surface area contributed by atoms with E-state index < -0.39 is 0 Å². The van der Waals surface area contributed by atoms with Crippen molar-refractivity contribution in [1.82, 2.24) is 5.32 Å². The Hall–Kier alpha value is -0.570. The van der Waals surface area contributed by atoms with E-state index in [1.165, 1.54) is 19.3 Å². The summed E-state index contributed by atoms with van der Waals surface area (Å²) in [5.74, 6) is 1.42. The van der Waals surface area contributed by atoms with E-state index in [-0.39, 0.29) is 17.2 Å². The highest BCUT2D eigenvalue weighted by Crippen LogP contribution is 2.62. The minimum absolute atomic E-state index is 0.0338. The zero-order chi connectivity index (χ0) is 15.1. The van der Waals surface area contributed by atoms with Gasteiger partial charge in [-0.1, -0.05) is 34.6 Å². The molecule has 2 aliphatic rings. The van der Waals surface area contributed by atoms with Crippen molar-refractivity contribution in [3.05, 3.63) is 0 Å². The van der Waals surface area contributed by atoms with E-state index in [1.807, 2.05) is 0 Å². The first-order valence-electron chi connectivity index (χ1n) is 8.21. The average Bonchev–Trinajstić information content (AvgIpc) is 2.82. The molecule has 2 aliphatic carbocycles. The van der Waals surface area contributed by atoms with Gasteiger partial charge in [-0.05, 0) is 48.3 Å². The van der Waals surface area contributed by atoms with Crippen LogP contribution in [0.15, 0.2) is 0 Å². The van der Waals surface area contributed by atoms with Crippen molar-refractivity contribution in [3.63, 3.8) is 0 Å². The Bertz CT molecular complexity index is 372. The van der Waals surface area contributed by atoms with Crippen LogP contribution < -0.4 is 11.1 Å². The summed E-state index contributed by atoms with van der Waals surface area (Å²) in [6.45, 7) is 11.8. The Kier molecular flexibility index (Phi) is 4.21. The maximum atomic E-state index is 12.6. The second kappa shape index (κ2) is 5.32. The Labute approximate surface area is 124 Å². The molecule has 2 rings (SSSR count). The van der Waals surface area contributed by atoms with Gasteiger partial charge in [-0.3, -0.25) is 4.79 Å². The lowest BCUT2D eigenvalue weighted by Crippen LogP contribution is -2.54. The predicted octanol–water partition coefficient (Wildman–Crippen LogP) is 2.94. The molecule has 2 fully saturated rings. The van der Waals surface area contributed by atoms with Crippen LogP contribution in [0.25, 0.3) is 0 Å². The van der Waals surface area contributed by atoms with E-state index in [0.717, 1.165) is 12.3 Å². The van der Waals surface area contributed by atoms with Gasteiger partial charge in [0.2, 0.25) is 5.91 Å². The lowest BCUT2D eigenvalue weighted by molar-refractivity contribution is -0.128. The minimum Gasteiger partial charge on any atom is -0.352 e. The molecule has 3 heteroatoms. The molecule has 1 amide bonds. The third-order valence-corrected chi connectivity index (χ3v) is 5.97. The molecule has 2 bridgehead atoms. The first-order valence-corrected chi connectivity index (χ1v) is 8.21. The van der Waals surface area contributed by atoms with E-state index in [4.69, 9.17) is 5.73 Å². The van der Waals surface area contributed by atoms with Gasteiger partial charge in [0.25, 0.3) is 0 Å². The van der Waals surface area contributed by atoms with Gasteiger partial charge in [-0.15, -0.1) is 0 Å². The Morgan fingerprint density at radius 1 is 1.35 bits per heavy atom. The number of carbonyl (C=O) groups is 1. The molecule has 0 radical (unpaired) electrons. The van der Waals surface area contributed by atoms with Crippen LogP contribution in [0, 0.1) is 28.6 Å². The van der Waals surface area contributed by atoms with Gasteiger partial charge in [0, 0.05) is 12.6 Å². The molecular formula is C17H32N2O. The van der Waals surface area contributed by atoms with Crippen LogP contribution in [-0.4, -0.2) is 18.5 Å². The molecule has 0 aromatic heterocycles. The third kappa shape index (κ3) is 2.61. The molecule has 3 N–H and O–H groups in total. The number of hydrogen-bond acceptors (Lipinski definition) is 2. The molecule has 0 aromatic carbocycles. The number of carbonyl (C=O) groups excluding carboxylic acids is 1. The van der Waals surface area contributed by atoms with Gasteiger partial charge < -0.3 is 11.1 Å². The van der Waals surface area contributed by atoms with Crippen LogP contribution in [0.5, 0.6) is 0 Å². The number of nitrogens with two attached hydrogens (primary N) is 1. The third-order valence-electron chi connectivity index (χ3n) is 5.97. The van der Waals surface area contributed by atoms with Gasteiger partial charge in [-0.25, -0.2) is 0 Å². The lowest BCUT2D eigenvalue weighted by atomic mass is 9.68. The Balaban J connectivity index is 2.07. The monoisotopic (exact) mass is 280 g/mol. The Morgan fingerprint density at radius 3 is 2.45 bits per heavy atom. The quantitative estimate of drug-likeness (QED) is 0.813. The van der Waals surface area contributed by atoms with Crippen molar-refractivity contribution >= 4 is 5.91 Å². The van der Waals surface area contributed by atoms with Crippen molar-refractivity contribution < 1.29 is 4.79 Å². The van der Waals surface area contributed by atoms with E-state index in [0.29, 0.717) is 23.9 Å². The van der Waals surface area contributed by atoms with Gasteiger partial charge in [0.15, 0.2) is 0 Å². The molecule has 4 unspecified atom stereocenters. The maximum Gasteiger partial charge on any atom is 0.224 e. The molecule has 4 atom stereocenters. The van der Waals surface area contributed by atoms with Gasteiger partial charge in [-0.2, -0.15) is 0 Å². The van der Waals surface area contributed by atoms with Crippen LogP contribution in [0.4, 0.5) is 0 Å². The molecule has 0 heterocycles. The van der Waals surface area contributed by atoms with E-state index in [2.05, 4.69) is 39.9 Å². The zero-order valence-electron chi connectivity index (χ0n) is 13.8. The van der Waals surface area contributed by atoms with Crippen molar-refractivity contribution in [2.75, 3.05) is 6.54 Å². The van der Waals surface area contributed by atoms with E-state index in [9.17, 15) is 4.79 Å². The molecule has 0 spiro atoms. The van der Waals surface area contributed by atoms with Crippen LogP contribution in [0.3, 0.4) is 0 Å². The highest BCUT2D eigenvalue weighted by Gasteiger charge is 2.59. The highest BCUT2D eigenvalue weighted by atomic mass is 16.2. The summed E-state index contributed by atoms with van der Waals surface area (Å²) in [7, 11) is 0. The minimum atomic E-state index is -0.0338. The molecule has 2 saturated carbocycles. The SMILES string of the molecule is CC(C)CC(CN)C(=O)NC1C2(C)CCC(C2)C1(C)C. The number of nitrogens with one attached hydrogen (secondary N) is 1. The molecule has 0 aliphatic heterocycles. The normalized spacial score (nSPS) is 36.4. The first kappa shape index (κ1) is 15.8. The fourth-order valence-corrected chi connectivity index (χ4v) is 4.80. The molecule has 20 heavy (non-hydrogen) atoms. The summed E-state index contributed by atoms with van der Waals surface area (Å²) in [4.78, 5) is 12.6. The summed E-state index contributed by atoms with van der Waals surface area (Å²) >= 11 is 0. The average molecular weight is 280 g/mol.